The lowest BCUT2D eigenvalue weighted by Crippen LogP contribution is -2.28. The molecule has 0 atom stereocenters. The second-order valence-electron chi connectivity index (χ2n) is 5.40. The fourth-order valence-electron chi connectivity index (χ4n) is 2.40. The normalized spacial score (nSPS) is 17.1. The Kier molecular flexibility index (Phi) is 2.55. The summed E-state index contributed by atoms with van der Waals surface area (Å²) >= 11 is 0. The van der Waals surface area contributed by atoms with E-state index in [9.17, 15) is 5.11 Å². The first-order valence-electron chi connectivity index (χ1n) is 6.31. The van der Waals surface area contributed by atoms with E-state index in [1.165, 1.54) is 0 Å². The minimum atomic E-state index is 0.126. The van der Waals surface area contributed by atoms with Crippen molar-refractivity contribution in [1.29, 1.82) is 0 Å². The highest BCUT2D eigenvalue weighted by atomic mass is 16.3. The van der Waals surface area contributed by atoms with Crippen LogP contribution in [-0.4, -0.2) is 30.3 Å². The van der Waals surface area contributed by atoms with Crippen molar-refractivity contribution in [3.8, 4) is 0 Å². The maximum atomic E-state index is 9.37. The van der Waals surface area contributed by atoms with Crippen LogP contribution in [0.5, 0.6) is 0 Å². The largest absolute Gasteiger partial charge is 0.441 e. The molecule has 0 amide bonds. The summed E-state index contributed by atoms with van der Waals surface area (Å²) in [5, 5.41) is 9.37. The lowest BCUT2D eigenvalue weighted by atomic mass is 10.1. The first-order valence-corrected chi connectivity index (χ1v) is 6.31. The van der Waals surface area contributed by atoms with Crippen LogP contribution in [-0.2, 0) is 0 Å². The van der Waals surface area contributed by atoms with Gasteiger partial charge in [0.2, 0.25) is 0 Å². The molecule has 0 saturated heterocycles. The third-order valence-corrected chi connectivity index (χ3v) is 3.78. The number of benzene rings is 1. The van der Waals surface area contributed by atoms with E-state index in [-0.39, 0.29) is 12.0 Å². The molecule has 0 spiro atoms. The number of aromatic nitrogens is 1. The van der Waals surface area contributed by atoms with Crippen molar-refractivity contribution in [3.05, 3.63) is 24.1 Å². The average Bonchev–Trinajstić information content (AvgIpc) is 3.01. The Bertz CT molecular complexity index is 572. The molecule has 1 aliphatic rings. The highest BCUT2D eigenvalue weighted by Gasteiger charge is 2.42. The summed E-state index contributed by atoms with van der Waals surface area (Å²) in [6.45, 7) is 3.03. The summed E-state index contributed by atoms with van der Waals surface area (Å²) in [4.78, 5) is 6.47. The highest BCUT2D eigenvalue weighted by Crippen LogP contribution is 2.46. The number of aliphatic hydroxyl groups is 1. The van der Waals surface area contributed by atoms with E-state index in [1.807, 2.05) is 19.1 Å². The van der Waals surface area contributed by atoms with Gasteiger partial charge in [0.15, 0.2) is 11.5 Å². The molecular formula is C14H18N2O2. The Morgan fingerprint density at radius 1 is 1.44 bits per heavy atom. The monoisotopic (exact) mass is 246 g/mol. The minimum absolute atomic E-state index is 0.126. The van der Waals surface area contributed by atoms with Gasteiger partial charge >= 0.3 is 0 Å². The van der Waals surface area contributed by atoms with Crippen molar-refractivity contribution in [2.45, 2.75) is 19.8 Å². The molecule has 1 aliphatic carbocycles. The molecule has 1 heterocycles. The fraction of sp³-hybridized carbons (Fsp3) is 0.500. The van der Waals surface area contributed by atoms with E-state index >= 15 is 0 Å². The minimum Gasteiger partial charge on any atom is -0.441 e. The standard InChI is InChI=1S/C14H18N2O2/c1-10-15-12-4-3-11(7-13(12)18-10)16(2)8-14(9-17)5-6-14/h3-4,7,17H,5-6,8-9H2,1-2H3. The molecule has 18 heavy (non-hydrogen) atoms. The van der Waals surface area contributed by atoms with Crippen LogP contribution in [0.15, 0.2) is 22.6 Å². The quantitative estimate of drug-likeness (QED) is 0.899. The fourth-order valence-corrected chi connectivity index (χ4v) is 2.40. The molecule has 2 aromatic rings. The van der Waals surface area contributed by atoms with E-state index in [4.69, 9.17) is 4.42 Å². The topological polar surface area (TPSA) is 49.5 Å². The van der Waals surface area contributed by atoms with Crippen molar-refractivity contribution in [2.24, 2.45) is 5.41 Å². The van der Waals surface area contributed by atoms with Gasteiger partial charge in [0.25, 0.3) is 0 Å². The molecule has 4 heteroatoms. The molecule has 1 aromatic heterocycles. The molecule has 0 radical (unpaired) electrons. The van der Waals surface area contributed by atoms with Gasteiger partial charge in [-0.3, -0.25) is 0 Å². The van der Waals surface area contributed by atoms with Crippen LogP contribution in [0.1, 0.15) is 18.7 Å². The van der Waals surface area contributed by atoms with E-state index < -0.39 is 0 Å². The second kappa shape index (κ2) is 3.99. The van der Waals surface area contributed by atoms with Crippen molar-refractivity contribution in [3.63, 3.8) is 0 Å². The number of aryl methyl sites for hydroxylation is 1. The van der Waals surface area contributed by atoms with E-state index in [1.54, 1.807) is 0 Å². The third-order valence-electron chi connectivity index (χ3n) is 3.78. The number of aliphatic hydroxyl groups excluding tert-OH is 1. The van der Waals surface area contributed by atoms with Crippen LogP contribution in [0.3, 0.4) is 0 Å². The van der Waals surface area contributed by atoms with Crippen molar-refractivity contribution in [1.82, 2.24) is 4.98 Å². The lowest BCUT2D eigenvalue weighted by Gasteiger charge is -2.24. The zero-order chi connectivity index (χ0) is 12.8. The first kappa shape index (κ1) is 11.5. The maximum absolute atomic E-state index is 9.37. The summed E-state index contributed by atoms with van der Waals surface area (Å²) in [5.41, 5.74) is 2.96. The molecule has 1 N–H and O–H groups in total. The molecule has 0 bridgehead atoms. The Balaban J connectivity index is 1.84. The van der Waals surface area contributed by atoms with Crippen LogP contribution in [0.25, 0.3) is 11.1 Å². The summed E-state index contributed by atoms with van der Waals surface area (Å²) in [6.07, 6.45) is 2.25. The molecule has 4 nitrogen and oxygen atoms in total. The van der Waals surface area contributed by atoms with Gasteiger partial charge in [0.05, 0.1) is 6.61 Å². The van der Waals surface area contributed by atoms with Gasteiger partial charge < -0.3 is 14.4 Å². The zero-order valence-electron chi connectivity index (χ0n) is 10.8. The highest BCUT2D eigenvalue weighted by molar-refractivity contribution is 5.77. The van der Waals surface area contributed by atoms with Gasteiger partial charge in [-0.2, -0.15) is 0 Å². The molecule has 96 valence electrons. The number of nitrogens with zero attached hydrogens (tertiary/aromatic N) is 2. The zero-order valence-corrected chi connectivity index (χ0v) is 10.8. The molecule has 0 aliphatic heterocycles. The predicted octanol–water partition coefficient (Wildman–Crippen LogP) is 2.34. The lowest BCUT2D eigenvalue weighted by molar-refractivity contribution is 0.215. The number of oxazole rings is 1. The maximum Gasteiger partial charge on any atom is 0.192 e. The predicted molar refractivity (Wildman–Crippen MR) is 70.8 cm³/mol. The summed E-state index contributed by atoms with van der Waals surface area (Å²) in [7, 11) is 2.06. The van der Waals surface area contributed by atoms with Gasteiger partial charge in [0, 0.05) is 37.7 Å². The first-order chi connectivity index (χ1) is 8.62. The van der Waals surface area contributed by atoms with Gasteiger partial charge in [-0.05, 0) is 25.0 Å². The smallest absolute Gasteiger partial charge is 0.192 e. The Morgan fingerprint density at radius 2 is 2.22 bits per heavy atom. The Morgan fingerprint density at radius 3 is 2.89 bits per heavy atom. The molecule has 3 rings (SSSR count). The van der Waals surface area contributed by atoms with Crippen molar-refractivity contribution < 1.29 is 9.52 Å². The van der Waals surface area contributed by atoms with E-state index in [2.05, 4.69) is 23.0 Å². The molecular weight excluding hydrogens is 228 g/mol. The molecule has 0 unspecified atom stereocenters. The van der Waals surface area contributed by atoms with Crippen LogP contribution in [0.2, 0.25) is 0 Å². The van der Waals surface area contributed by atoms with Crippen LogP contribution in [0, 0.1) is 12.3 Å². The summed E-state index contributed by atoms with van der Waals surface area (Å²) < 4.78 is 5.54. The molecule has 1 saturated carbocycles. The van der Waals surface area contributed by atoms with Crippen LogP contribution >= 0.6 is 0 Å². The SMILES string of the molecule is Cc1nc2ccc(N(C)CC3(CO)CC3)cc2o1. The van der Waals surface area contributed by atoms with E-state index in [0.717, 1.165) is 36.2 Å². The third kappa shape index (κ3) is 1.97. The number of hydrogen-bond donors (Lipinski definition) is 1. The van der Waals surface area contributed by atoms with Crippen molar-refractivity contribution >= 4 is 16.8 Å². The average molecular weight is 246 g/mol. The van der Waals surface area contributed by atoms with Crippen LogP contribution in [0.4, 0.5) is 5.69 Å². The van der Waals surface area contributed by atoms with Gasteiger partial charge in [-0.15, -0.1) is 0 Å². The van der Waals surface area contributed by atoms with E-state index in [0.29, 0.717) is 5.89 Å². The Labute approximate surface area is 106 Å². The van der Waals surface area contributed by atoms with Crippen molar-refractivity contribution in [2.75, 3.05) is 25.1 Å². The van der Waals surface area contributed by atoms with Gasteiger partial charge in [0.1, 0.15) is 5.52 Å². The van der Waals surface area contributed by atoms with Gasteiger partial charge in [-0.25, -0.2) is 4.98 Å². The number of anilines is 1. The van der Waals surface area contributed by atoms with Gasteiger partial charge in [-0.1, -0.05) is 0 Å². The summed E-state index contributed by atoms with van der Waals surface area (Å²) in [5.74, 6) is 0.693. The second-order valence-corrected chi connectivity index (χ2v) is 5.40. The summed E-state index contributed by atoms with van der Waals surface area (Å²) in [6, 6.07) is 6.05. The number of fused-ring (bicyclic) bond motifs is 1. The Hall–Kier alpha value is -1.55. The number of rotatable bonds is 4. The molecule has 1 aromatic carbocycles. The molecule has 1 fully saturated rings. The van der Waals surface area contributed by atoms with Crippen LogP contribution < -0.4 is 4.90 Å². The number of hydrogen-bond acceptors (Lipinski definition) is 4.